The number of carbonyl (C=O) groups excluding carboxylic acids is 1. The zero-order chi connectivity index (χ0) is 14.5. The van der Waals surface area contributed by atoms with Crippen LogP contribution in [0.1, 0.15) is 23.6 Å². The highest BCUT2D eigenvalue weighted by atomic mass is 79.9. The van der Waals surface area contributed by atoms with Crippen molar-refractivity contribution in [1.82, 2.24) is 0 Å². The van der Waals surface area contributed by atoms with Gasteiger partial charge in [0.2, 0.25) is 5.91 Å². The minimum atomic E-state index is 0.0205. The Hall–Kier alpha value is -1.61. The third kappa shape index (κ3) is 3.70. The van der Waals surface area contributed by atoms with Crippen LogP contribution in [-0.2, 0) is 17.6 Å². The van der Waals surface area contributed by atoms with Crippen LogP contribution in [0.5, 0.6) is 0 Å². The second-order valence-corrected chi connectivity index (χ2v) is 5.73. The molecule has 2 rings (SSSR count). The lowest BCUT2D eigenvalue weighted by molar-refractivity contribution is -0.115. The van der Waals surface area contributed by atoms with Crippen LogP contribution < -0.4 is 5.32 Å². The summed E-state index contributed by atoms with van der Waals surface area (Å²) in [5.41, 5.74) is 4.23. The van der Waals surface area contributed by atoms with E-state index in [4.69, 9.17) is 0 Å². The zero-order valence-corrected chi connectivity index (χ0v) is 13.3. The summed E-state index contributed by atoms with van der Waals surface area (Å²) in [5.74, 6) is 0.0205. The second-order valence-electron chi connectivity index (χ2n) is 4.82. The smallest absolute Gasteiger partial charge is 0.228 e. The van der Waals surface area contributed by atoms with Crippen LogP contribution in [0.4, 0.5) is 5.69 Å². The van der Waals surface area contributed by atoms with Gasteiger partial charge in [0.05, 0.1) is 6.42 Å². The van der Waals surface area contributed by atoms with Crippen LogP contribution >= 0.6 is 15.9 Å². The molecule has 0 spiro atoms. The fourth-order valence-electron chi connectivity index (χ4n) is 2.22. The number of anilines is 1. The fraction of sp³-hybridized carbons (Fsp3) is 0.235. The number of rotatable bonds is 4. The molecule has 1 amide bonds. The maximum absolute atomic E-state index is 12.2. The van der Waals surface area contributed by atoms with Crippen molar-refractivity contribution in [3.8, 4) is 0 Å². The molecule has 0 aliphatic carbocycles. The molecule has 0 heterocycles. The number of para-hydroxylation sites is 1. The van der Waals surface area contributed by atoms with Crippen molar-refractivity contribution in [3.63, 3.8) is 0 Å². The van der Waals surface area contributed by atoms with Crippen molar-refractivity contribution in [2.75, 3.05) is 5.32 Å². The summed E-state index contributed by atoms with van der Waals surface area (Å²) in [6.45, 7) is 4.12. The maximum Gasteiger partial charge on any atom is 0.228 e. The molecule has 2 aromatic rings. The Kier molecular flexibility index (Phi) is 4.96. The van der Waals surface area contributed by atoms with Crippen molar-refractivity contribution in [3.05, 3.63) is 63.6 Å². The molecule has 2 nitrogen and oxygen atoms in total. The molecule has 2 aromatic carbocycles. The van der Waals surface area contributed by atoms with Gasteiger partial charge in [0.1, 0.15) is 0 Å². The molecule has 1 N–H and O–H groups in total. The second kappa shape index (κ2) is 6.71. The zero-order valence-electron chi connectivity index (χ0n) is 11.7. The number of nitrogens with one attached hydrogen (secondary N) is 1. The summed E-state index contributed by atoms with van der Waals surface area (Å²) in [6, 6.07) is 13.9. The van der Waals surface area contributed by atoms with E-state index in [9.17, 15) is 4.79 Å². The van der Waals surface area contributed by atoms with Gasteiger partial charge in [-0.15, -0.1) is 0 Å². The van der Waals surface area contributed by atoms with Crippen LogP contribution in [0, 0.1) is 6.92 Å². The molecule has 0 radical (unpaired) electrons. The average Bonchev–Trinajstić information content (AvgIpc) is 2.41. The van der Waals surface area contributed by atoms with E-state index >= 15 is 0 Å². The Labute approximate surface area is 128 Å². The van der Waals surface area contributed by atoms with Gasteiger partial charge in [-0.1, -0.05) is 53.2 Å². The van der Waals surface area contributed by atoms with Crippen LogP contribution in [-0.4, -0.2) is 5.91 Å². The molecule has 0 unspecified atom stereocenters. The van der Waals surface area contributed by atoms with Crippen molar-refractivity contribution < 1.29 is 4.79 Å². The van der Waals surface area contributed by atoms with Gasteiger partial charge in [0.15, 0.2) is 0 Å². The monoisotopic (exact) mass is 331 g/mol. The van der Waals surface area contributed by atoms with Gasteiger partial charge in [-0.05, 0) is 42.2 Å². The molecule has 20 heavy (non-hydrogen) atoms. The third-order valence-corrected chi connectivity index (χ3v) is 3.75. The van der Waals surface area contributed by atoms with Crippen LogP contribution in [0.2, 0.25) is 0 Å². The minimum Gasteiger partial charge on any atom is -0.325 e. The molecular formula is C17H18BrNO. The summed E-state index contributed by atoms with van der Waals surface area (Å²) in [6.07, 6.45) is 1.30. The average molecular weight is 332 g/mol. The van der Waals surface area contributed by atoms with Gasteiger partial charge in [0, 0.05) is 10.2 Å². The first-order chi connectivity index (χ1) is 9.60. The van der Waals surface area contributed by atoms with Crippen molar-refractivity contribution in [1.29, 1.82) is 0 Å². The van der Waals surface area contributed by atoms with Gasteiger partial charge in [-0.3, -0.25) is 4.79 Å². The van der Waals surface area contributed by atoms with Crippen molar-refractivity contribution in [2.45, 2.75) is 26.7 Å². The molecule has 0 atom stereocenters. The Bertz CT molecular complexity index is 622. The SMILES string of the molecule is CCc1cccc(C)c1NC(=O)Cc1cccc(Br)c1. The predicted molar refractivity (Wildman–Crippen MR) is 87.0 cm³/mol. The largest absolute Gasteiger partial charge is 0.325 e. The molecule has 104 valence electrons. The number of carbonyl (C=O) groups is 1. The first-order valence-corrected chi connectivity index (χ1v) is 7.52. The molecular weight excluding hydrogens is 314 g/mol. The summed E-state index contributed by atoms with van der Waals surface area (Å²) in [7, 11) is 0. The van der Waals surface area contributed by atoms with Crippen LogP contribution in [0.3, 0.4) is 0 Å². The fourth-order valence-corrected chi connectivity index (χ4v) is 2.66. The Balaban J connectivity index is 2.12. The number of aryl methyl sites for hydroxylation is 2. The highest BCUT2D eigenvalue weighted by Crippen LogP contribution is 2.21. The lowest BCUT2D eigenvalue weighted by Gasteiger charge is -2.13. The number of amides is 1. The predicted octanol–water partition coefficient (Wildman–Crippen LogP) is 4.50. The molecule has 0 saturated carbocycles. The molecule has 0 saturated heterocycles. The first kappa shape index (κ1) is 14.8. The van der Waals surface area contributed by atoms with Crippen LogP contribution in [0.15, 0.2) is 46.9 Å². The number of halogens is 1. The van der Waals surface area contributed by atoms with Gasteiger partial charge in [-0.2, -0.15) is 0 Å². The Morgan fingerprint density at radius 3 is 2.65 bits per heavy atom. The lowest BCUT2D eigenvalue weighted by atomic mass is 10.1. The quantitative estimate of drug-likeness (QED) is 0.877. The van der Waals surface area contributed by atoms with E-state index in [0.717, 1.165) is 27.7 Å². The number of benzene rings is 2. The van der Waals surface area contributed by atoms with E-state index in [-0.39, 0.29) is 5.91 Å². The molecule has 0 aliphatic heterocycles. The van der Waals surface area contributed by atoms with E-state index in [0.29, 0.717) is 6.42 Å². The lowest BCUT2D eigenvalue weighted by Crippen LogP contribution is -2.16. The Morgan fingerprint density at radius 2 is 1.95 bits per heavy atom. The highest BCUT2D eigenvalue weighted by Gasteiger charge is 2.09. The van der Waals surface area contributed by atoms with E-state index in [1.165, 1.54) is 5.56 Å². The van der Waals surface area contributed by atoms with Crippen molar-refractivity contribution in [2.24, 2.45) is 0 Å². The van der Waals surface area contributed by atoms with Gasteiger partial charge >= 0.3 is 0 Å². The van der Waals surface area contributed by atoms with E-state index in [1.54, 1.807) is 0 Å². The number of hydrogen-bond donors (Lipinski definition) is 1. The van der Waals surface area contributed by atoms with Gasteiger partial charge < -0.3 is 5.32 Å². The van der Waals surface area contributed by atoms with E-state index < -0.39 is 0 Å². The Morgan fingerprint density at radius 1 is 1.20 bits per heavy atom. The topological polar surface area (TPSA) is 29.1 Å². The normalized spacial score (nSPS) is 10.3. The third-order valence-electron chi connectivity index (χ3n) is 3.26. The molecule has 0 aliphatic rings. The standard InChI is InChI=1S/C17H18BrNO/c1-3-14-8-4-6-12(2)17(14)19-16(20)11-13-7-5-9-15(18)10-13/h4-10H,3,11H2,1-2H3,(H,19,20). The summed E-state index contributed by atoms with van der Waals surface area (Å²) >= 11 is 3.42. The van der Waals surface area contributed by atoms with Gasteiger partial charge in [0.25, 0.3) is 0 Å². The summed E-state index contributed by atoms with van der Waals surface area (Å²) in [4.78, 5) is 12.2. The maximum atomic E-state index is 12.2. The van der Waals surface area contributed by atoms with E-state index in [1.807, 2.05) is 43.3 Å². The molecule has 0 fully saturated rings. The minimum absolute atomic E-state index is 0.0205. The van der Waals surface area contributed by atoms with Gasteiger partial charge in [-0.25, -0.2) is 0 Å². The first-order valence-electron chi connectivity index (χ1n) is 6.73. The molecule has 0 bridgehead atoms. The number of hydrogen-bond acceptors (Lipinski definition) is 1. The molecule has 0 aromatic heterocycles. The summed E-state index contributed by atoms with van der Waals surface area (Å²) < 4.78 is 0.993. The van der Waals surface area contributed by atoms with Crippen LogP contribution in [0.25, 0.3) is 0 Å². The van der Waals surface area contributed by atoms with E-state index in [2.05, 4.69) is 34.2 Å². The van der Waals surface area contributed by atoms with Crippen molar-refractivity contribution >= 4 is 27.5 Å². The summed E-state index contributed by atoms with van der Waals surface area (Å²) in [5, 5.41) is 3.04. The molecule has 3 heteroatoms. The highest BCUT2D eigenvalue weighted by molar-refractivity contribution is 9.10.